The second kappa shape index (κ2) is 5.41. The molecule has 0 unspecified atom stereocenters. The lowest BCUT2D eigenvalue weighted by atomic mass is 9.76. The Morgan fingerprint density at radius 2 is 1.85 bits per heavy atom. The van der Waals surface area contributed by atoms with Gasteiger partial charge in [0.15, 0.2) is 0 Å². The van der Waals surface area contributed by atoms with Crippen molar-refractivity contribution in [3.63, 3.8) is 0 Å². The number of halogens is 1. The Morgan fingerprint density at radius 3 is 2.50 bits per heavy atom. The highest BCUT2D eigenvalue weighted by molar-refractivity contribution is 6.30. The molecular weight excluding hydrogens is 272 g/mol. The third kappa shape index (κ3) is 2.63. The van der Waals surface area contributed by atoms with Crippen molar-refractivity contribution in [2.24, 2.45) is 0 Å². The van der Waals surface area contributed by atoms with E-state index in [-0.39, 0.29) is 5.92 Å². The van der Waals surface area contributed by atoms with Crippen molar-refractivity contribution < 1.29 is 4.42 Å². The summed E-state index contributed by atoms with van der Waals surface area (Å²) in [5, 5.41) is 8.95. The predicted octanol–water partition coefficient (Wildman–Crippen LogP) is 4.64. The molecule has 0 amide bonds. The zero-order valence-electron chi connectivity index (χ0n) is 11.6. The van der Waals surface area contributed by atoms with Gasteiger partial charge in [-0.05, 0) is 43.4 Å². The first kappa shape index (κ1) is 13.4. The Balaban J connectivity index is 1.96. The largest absolute Gasteiger partial charge is 0.425 e. The molecule has 20 heavy (non-hydrogen) atoms. The van der Waals surface area contributed by atoms with Gasteiger partial charge in [-0.3, -0.25) is 0 Å². The van der Waals surface area contributed by atoms with Gasteiger partial charge in [0.05, 0.1) is 0 Å². The van der Waals surface area contributed by atoms with E-state index in [1.807, 2.05) is 19.1 Å². The first-order valence-corrected chi connectivity index (χ1v) is 7.22. The fourth-order valence-corrected chi connectivity index (χ4v) is 2.99. The van der Waals surface area contributed by atoms with Crippen molar-refractivity contribution in [2.45, 2.75) is 38.5 Å². The number of allylic oxidation sites excluding steroid dienone is 2. The molecule has 2 atom stereocenters. The van der Waals surface area contributed by atoms with Crippen LogP contribution in [0.25, 0.3) is 0 Å². The summed E-state index contributed by atoms with van der Waals surface area (Å²) >= 11 is 5.98. The summed E-state index contributed by atoms with van der Waals surface area (Å²) in [5.41, 5.74) is 2.69. The minimum Gasteiger partial charge on any atom is -0.425 e. The van der Waals surface area contributed by atoms with Gasteiger partial charge in [-0.1, -0.05) is 35.4 Å². The molecule has 0 spiro atoms. The fourth-order valence-electron chi connectivity index (χ4n) is 2.86. The molecule has 1 aliphatic rings. The number of rotatable bonds is 2. The molecule has 0 saturated heterocycles. The number of nitrogens with zero attached hydrogens (tertiary/aromatic N) is 2. The van der Waals surface area contributed by atoms with Gasteiger partial charge in [-0.2, -0.15) is 0 Å². The summed E-state index contributed by atoms with van der Waals surface area (Å²) in [6.45, 7) is 4.01. The van der Waals surface area contributed by atoms with E-state index in [1.54, 1.807) is 0 Å². The van der Waals surface area contributed by atoms with Crippen LogP contribution in [0, 0.1) is 6.92 Å². The first-order valence-electron chi connectivity index (χ1n) is 6.84. The van der Waals surface area contributed by atoms with Crippen LogP contribution in [0.1, 0.15) is 48.9 Å². The molecule has 1 aliphatic carbocycles. The molecule has 4 heteroatoms. The van der Waals surface area contributed by atoms with Gasteiger partial charge in [0.1, 0.15) is 0 Å². The van der Waals surface area contributed by atoms with E-state index in [9.17, 15) is 0 Å². The first-order chi connectivity index (χ1) is 9.63. The highest BCUT2D eigenvalue weighted by Crippen LogP contribution is 2.43. The molecule has 0 bridgehead atoms. The molecule has 3 rings (SSSR count). The predicted molar refractivity (Wildman–Crippen MR) is 79.0 cm³/mol. The molecule has 1 aromatic carbocycles. The molecule has 104 valence electrons. The Labute approximate surface area is 123 Å². The van der Waals surface area contributed by atoms with Crippen LogP contribution in [0.5, 0.6) is 0 Å². The summed E-state index contributed by atoms with van der Waals surface area (Å²) in [6, 6.07) is 8.09. The Kier molecular flexibility index (Phi) is 3.62. The molecule has 1 aromatic heterocycles. The van der Waals surface area contributed by atoms with E-state index in [0.717, 1.165) is 23.8 Å². The molecule has 0 aliphatic heterocycles. The lowest BCUT2D eigenvalue weighted by Gasteiger charge is -2.28. The van der Waals surface area contributed by atoms with Gasteiger partial charge in [-0.25, -0.2) is 0 Å². The molecule has 0 radical (unpaired) electrons. The molecular formula is C16H17ClN2O. The second-order valence-electron chi connectivity index (χ2n) is 5.41. The highest BCUT2D eigenvalue weighted by atomic mass is 35.5. The monoisotopic (exact) mass is 288 g/mol. The van der Waals surface area contributed by atoms with E-state index in [1.165, 1.54) is 11.1 Å². The van der Waals surface area contributed by atoms with Crippen LogP contribution >= 0.6 is 11.6 Å². The summed E-state index contributed by atoms with van der Waals surface area (Å²) in [4.78, 5) is 0. The third-order valence-corrected chi connectivity index (χ3v) is 4.16. The average Bonchev–Trinajstić information content (AvgIpc) is 2.86. The standard InChI is InChI=1S/C16H17ClN2O/c1-10-3-8-14(16-19-18-11(2)20-16)15(9-10)12-4-6-13(17)7-5-12/h3-7,14-15H,8-9H2,1-2H3/t14-,15-/m0/s1. The molecule has 2 aromatic rings. The van der Waals surface area contributed by atoms with Crippen LogP contribution in [0.2, 0.25) is 5.02 Å². The Bertz CT molecular complexity index is 630. The van der Waals surface area contributed by atoms with E-state index in [2.05, 4.69) is 35.3 Å². The summed E-state index contributed by atoms with van der Waals surface area (Å²) in [5.74, 6) is 1.99. The maximum Gasteiger partial charge on any atom is 0.220 e. The van der Waals surface area contributed by atoms with Crippen LogP contribution in [0.15, 0.2) is 40.3 Å². The second-order valence-corrected chi connectivity index (χ2v) is 5.85. The van der Waals surface area contributed by atoms with Gasteiger partial charge in [-0.15, -0.1) is 10.2 Å². The Morgan fingerprint density at radius 1 is 1.10 bits per heavy atom. The quantitative estimate of drug-likeness (QED) is 0.756. The van der Waals surface area contributed by atoms with Gasteiger partial charge < -0.3 is 4.42 Å². The van der Waals surface area contributed by atoms with Crippen LogP contribution in [0.3, 0.4) is 0 Å². The van der Waals surface area contributed by atoms with Crippen LogP contribution in [-0.4, -0.2) is 10.2 Å². The van der Waals surface area contributed by atoms with Crippen molar-refractivity contribution in [3.05, 3.63) is 58.3 Å². The Hall–Kier alpha value is -1.61. The van der Waals surface area contributed by atoms with Crippen molar-refractivity contribution >= 4 is 11.6 Å². The van der Waals surface area contributed by atoms with Gasteiger partial charge in [0.25, 0.3) is 0 Å². The molecule has 0 fully saturated rings. The molecule has 0 N–H and O–H groups in total. The smallest absolute Gasteiger partial charge is 0.220 e. The lowest BCUT2D eigenvalue weighted by Crippen LogP contribution is -2.15. The SMILES string of the molecule is CC1=CC[C@H](c2nnc(C)o2)[C@H](c2ccc(Cl)cc2)C1. The zero-order chi connectivity index (χ0) is 14.1. The number of aryl methyl sites for hydroxylation is 1. The summed E-state index contributed by atoms with van der Waals surface area (Å²) < 4.78 is 5.66. The summed E-state index contributed by atoms with van der Waals surface area (Å²) in [6.07, 6.45) is 4.24. The van der Waals surface area contributed by atoms with Crippen molar-refractivity contribution in [1.29, 1.82) is 0 Å². The zero-order valence-corrected chi connectivity index (χ0v) is 12.4. The van der Waals surface area contributed by atoms with Crippen molar-refractivity contribution in [2.75, 3.05) is 0 Å². The maximum atomic E-state index is 5.98. The molecule has 0 saturated carbocycles. The van der Waals surface area contributed by atoms with E-state index < -0.39 is 0 Å². The lowest BCUT2D eigenvalue weighted by molar-refractivity contribution is 0.381. The van der Waals surface area contributed by atoms with Crippen LogP contribution in [0.4, 0.5) is 0 Å². The number of hydrogen-bond donors (Lipinski definition) is 0. The third-order valence-electron chi connectivity index (χ3n) is 3.90. The van der Waals surface area contributed by atoms with Crippen molar-refractivity contribution in [3.8, 4) is 0 Å². The fraction of sp³-hybridized carbons (Fsp3) is 0.375. The van der Waals surface area contributed by atoms with E-state index in [4.69, 9.17) is 16.0 Å². The topological polar surface area (TPSA) is 38.9 Å². The minimum atomic E-state index is 0.251. The van der Waals surface area contributed by atoms with Gasteiger partial charge >= 0.3 is 0 Å². The van der Waals surface area contributed by atoms with E-state index >= 15 is 0 Å². The highest BCUT2D eigenvalue weighted by Gasteiger charge is 2.31. The number of aromatic nitrogens is 2. The number of hydrogen-bond acceptors (Lipinski definition) is 3. The van der Waals surface area contributed by atoms with Gasteiger partial charge in [0.2, 0.25) is 11.8 Å². The van der Waals surface area contributed by atoms with Gasteiger partial charge in [0, 0.05) is 17.9 Å². The van der Waals surface area contributed by atoms with Crippen LogP contribution < -0.4 is 0 Å². The summed E-state index contributed by atoms with van der Waals surface area (Å²) in [7, 11) is 0. The molecule has 1 heterocycles. The minimum absolute atomic E-state index is 0.251. The maximum absolute atomic E-state index is 5.98. The van der Waals surface area contributed by atoms with Crippen LogP contribution in [-0.2, 0) is 0 Å². The number of benzene rings is 1. The normalized spacial score (nSPS) is 22.6. The molecule has 3 nitrogen and oxygen atoms in total. The average molecular weight is 289 g/mol. The van der Waals surface area contributed by atoms with E-state index in [0.29, 0.717) is 11.8 Å². The van der Waals surface area contributed by atoms with Crippen molar-refractivity contribution in [1.82, 2.24) is 10.2 Å².